The molecule has 0 aliphatic rings. The highest BCUT2D eigenvalue weighted by Gasteiger charge is 2.18. The van der Waals surface area contributed by atoms with E-state index in [1.165, 1.54) is 44.3 Å². The molecule has 166 valence electrons. The van der Waals surface area contributed by atoms with Gasteiger partial charge in [0.05, 0.1) is 17.3 Å². The molecule has 8 nitrogen and oxygen atoms in total. The predicted octanol–water partition coefficient (Wildman–Crippen LogP) is 4.38. The van der Waals surface area contributed by atoms with Gasteiger partial charge in [0.15, 0.2) is 0 Å². The fourth-order valence-electron chi connectivity index (χ4n) is 3.25. The lowest BCUT2D eigenvalue weighted by molar-refractivity contribution is -0.132. The molecule has 0 unspecified atom stereocenters. The van der Waals surface area contributed by atoms with Crippen LogP contribution in [0, 0.1) is 5.82 Å². The van der Waals surface area contributed by atoms with E-state index in [2.05, 4.69) is 10.5 Å². The molecule has 0 saturated heterocycles. The summed E-state index contributed by atoms with van der Waals surface area (Å²) in [7, 11) is 0. The number of nitrogens with zero attached hydrogens (tertiary/aromatic N) is 1. The van der Waals surface area contributed by atoms with E-state index >= 15 is 0 Å². The second kappa shape index (κ2) is 8.91. The van der Waals surface area contributed by atoms with Crippen LogP contribution in [-0.2, 0) is 9.59 Å². The van der Waals surface area contributed by atoms with Gasteiger partial charge in [-0.1, -0.05) is 18.2 Å². The molecule has 0 radical (unpaired) electrons. The molecule has 3 aromatic carbocycles. The van der Waals surface area contributed by atoms with Crippen molar-refractivity contribution >= 4 is 45.8 Å². The molecule has 1 aromatic heterocycles. The van der Waals surface area contributed by atoms with E-state index in [1.54, 1.807) is 30.3 Å². The maximum Gasteiger partial charge on any atom is 0.308 e. The van der Waals surface area contributed by atoms with Crippen molar-refractivity contribution < 1.29 is 27.9 Å². The lowest BCUT2D eigenvalue weighted by Gasteiger charge is -2.10. The molecule has 0 aliphatic carbocycles. The van der Waals surface area contributed by atoms with E-state index in [0.717, 1.165) is 0 Å². The SMILES string of the molecule is CC(=O)Oc1cc(OC(C)=O)c2c(=O)c3cccc(/C=N/Nc4ccccc4F)c3oc2c1. The largest absolute Gasteiger partial charge is 0.455 e. The minimum atomic E-state index is -0.657. The number of carbonyl (C=O) groups excluding carboxylic acids is 2. The van der Waals surface area contributed by atoms with Crippen LogP contribution in [0.1, 0.15) is 19.4 Å². The summed E-state index contributed by atoms with van der Waals surface area (Å²) in [6.07, 6.45) is 1.38. The Balaban J connectivity index is 1.86. The first-order valence-corrected chi connectivity index (χ1v) is 9.77. The molecule has 0 saturated carbocycles. The van der Waals surface area contributed by atoms with Gasteiger partial charge in [0.2, 0.25) is 5.43 Å². The van der Waals surface area contributed by atoms with Gasteiger partial charge in [0.25, 0.3) is 0 Å². The molecule has 4 aromatic rings. The van der Waals surface area contributed by atoms with Gasteiger partial charge < -0.3 is 13.9 Å². The van der Waals surface area contributed by atoms with Crippen LogP contribution in [0.4, 0.5) is 10.1 Å². The molecule has 9 heteroatoms. The Hall–Kier alpha value is -4.53. The van der Waals surface area contributed by atoms with Crippen LogP contribution in [0.2, 0.25) is 0 Å². The fraction of sp³-hybridized carbons (Fsp3) is 0.0833. The molecule has 33 heavy (non-hydrogen) atoms. The van der Waals surface area contributed by atoms with E-state index in [1.807, 2.05) is 0 Å². The molecular formula is C24H17FN2O6. The Bertz CT molecular complexity index is 1490. The Labute approximate surface area is 186 Å². The van der Waals surface area contributed by atoms with Gasteiger partial charge in [-0.3, -0.25) is 19.8 Å². The number of ether oxygens (including phenoxy) is 2. The third-order valence-corrected chi connectivity index (χ3v) is 4.55. The quantitative estimate of drug-likeness (QED) is 0.159. The minimum absolute atomic E-state index is 0.0205. The van der Waals surface area contributed by atoms with Gasteiger partial charge in [-0.05, 0) is 24.3 Å². The highest BCUT2D eigenvalue weighted by Crippen LogP contribution is 2.32. The van der Waals surface area contributed by atoms with Crippen molar-refractivity contribution in [2.45, 2.75) is 13.8 Å². The lowest BCUT2D eigenvalue weighted by Crippen LogP contribution is -2.10. The molecule has 0 aliphatic heterocycles. The third kappa shape index (κ3) is 4.57. The van der Waals surface area contributed by atoms with E-state index in [9.17, 15) is 18.8 Å². The van der Waals surface area contributed by atoms with Crippen LogP contribution in [0.5, 0.6) is 11.5 Å². The van der Waals surface area contributed by atoms with Gasteiger partial charge in [-0.2, -0.15) is 5.10 Å². The van der Waals surface area contributed by atoms with Crippen molar-refractivity contribution in [1.82, 2.24) is 0 Å². The summed E-state index contributed by atoms with van der Waals surface area (Å²) in [5.74, 6) is -1.77. The smallest absolute Gasteiger partial charge is 0.308 e. The minimum Gasteiger partial charge on any atom is -0.455 e. The standard InChI is InChI=1S/C24H17FN2O6/c1-13(28)31-16-10-20(32-14(2)29)22-21(11-16)33-24-15(6-5-7-17(24)23(22)30)12-26-27-19-9-4-3-8-18(19)25/h3-12,27H,1-2H3/b26-12+. The second-order valence-electron chi connectivity index (χ2n) is 6.99. The number of hydrogen-bond acceptors (Lipinski definition) is 8. The molecular weight excluding hydrogens is 431 g/mol. The highest BCUT2D eigenvalue weighted by atomic mass is 19.1. The Morgan fingerprint density at radius 2 is 1.79 bits per heavy atom. The monoisotopic (exact) mass is 448 g/mol. The van der Waals surface area contributed by atoms with Crippen molar-refractivity contribution in [3.63, 3.8) is 0 Å². The summed E-state index contributed by atoms with van der Waals surface area (Å²) in [6.45, 7) is 2.40. The molecule has 1 N–H and O–H groups in total. The van der Waals surface area contributed by atoms with Crippen LogP contribution in [0.15, 0.2) is 68.9 Å². The molecule has 1 heterocycles. The van der Waals surface area contributed by atoms with E-state index in [0.29, 0.717) is 5.56 Å². The van der Waals surface area contributed by atoms with Crippen LogP contribution in [0.25, 0.3) is 21.9 Å². The number of hydrogen-bond donors (Lipinski definition) is 1. The second-order valence-corrected chi connectivity index (χ2v) is 6.99. The van der Waals surface area contributed by atoms with Gasteiger partial charge in [-0.15, -0.1) is 0 Å². The number of benzene rings is 3. The zero-order valence-corrected chi connectivity index (χ0v) is 17.5. The average Bonchev–Trinajstić information content (AvgIpc) is 2.74. The van der Waals surface area contributed by atoms with E-state index in [-0.39, 0.29) is 39.1 Å². The summed E-state index contributed by atoms with van der Waals surface area (Å²) in [5, 5.41) is 4.27. The van der Waals surface area contributed by atoms with Crippen molar-refractivity contribution in [1.29, 1.82) is 0 Å². The molecule has 0 bridgehead atoms. The van der Waals surface area contributed by atoms with Gasteiger partial charge in [0.1, 0.15) is 33.9 Å². The molecule has 0 fully saturated rings. The first-order chi connectivity index (χ1) is 15.8. The van der Waals surface area contributed by atoms with Crippen molar-refractivity contribution in [2.75, 3.05) is 5.43 Å². The number of nitrogens with one attached hydrogen (secondary N) is 1. The summed E-state index contributed by atoms with van der Waals surface area (Å²) in [4.78, 5) is 36.2. The molecule has 0 amide bonds. The topological polar surface area (TPSA) is 107 Å². The number of para-hydroxylation sites is 2. The van der Waals surface area contributed by atoms with Crippen molar-refractivity contribution in [3.05, 3.63) is 76.2 Å². The van der Waals surface area contributed by atoms with Crippen LogP contribution in [0.3, 0.4) is 0 Å². The number of rotatable bonds is 5. The zero-order valence-electron chi connectivity index (χ0n) is 17.5. The Morgan fingerprint density at radius 1 is 1.03 bits per heavy atom. The number of halogens is 1. The summed E-state index contributed by atoms with van der Waals surface area (Å²) >= 11 is 0. The first kappa shape index (κ1) is 21.7. The number of esters is 2. The van der Waals surface area contributed by atoms with Crippen molar-refractivity contribution in [3.8, 4) is 11.5 Å². The Morgan fingerprint density at radius 3 is 2.52 bits per heavy atom. The van der Waals surface area contributed by atoms with E-state index < -0.39 is 23.2 Å². The number of fused-ring (bicyclic) bond motifs is 2. The summed E-state index contributed by atoms with van der Waals surface area (Å²) in [5.41, 5.74) is 3.00. The third-order valence-electron chi connectivity index (χ3n) is 4.55. The first-order valence-electron chi connectivity index (χ1n) is 9.77. The molecule has 0 spiro atoms. The number of anilines is 1. The highest BCUT2D eigenvalue weighted by molar-refractivity contribution is 6.01. The van der Waals surface area contributed by atoms with Crippen molar-refractivity contribution in [2.24, 2.45) is 5.10 Å². The molecule has 0 atom stereocenters. The maximum atomic E-state index is 13.8. The van der Waals surface area contributed by atoms with Gasteiger partial charge in [0, 0.05) is 31.5 Å². The lowest BCUT2D eigenvalue weighted by atomic mass is 10.1. The van der Waals surface area contributed by atoms with E-state index in [4.69, 9.17) is 13.9 Å². The summed E-state index contributed by atoms with van der Waals surface area (Å²) < 4.78 is 30.0. The maximum absolute atomic E-state index is 13.8. The van der Waals surface area contributed by atoms with Gasteiger partial charge >= 0.3 is 11.9 Å². The van der Waals surface area contributed by atoms with Gasteiger partial charge in [-0.25, -0.2) is 4.39 Å². The number of hydrazone groups is 1. The molecule has 4 rings (SSSR count). The zero-order chi connectivity index (χ0) is 23.5. The normalized spacial score (nSPS) is 11.1. The fourth-order valence-corrected chi connectivity index (χ4v) is 3.25. The Kier molecular flexibility index (Phi) is 5.86. The van der Waals surface area contributed by atoms with Crippen LogP contribution >= 0.6 is 0 Å². The van der Waals surface area contributed by atoms with Crippen LogP contribution in [-0.4, -0.2) is 18.2 Å². The summed E-state index contributed by atoms with van der Waals surface area (Å²) in [6, 6.07) is 13.5. The average molecular weight is 448 g/mol. The number of carbonyl (C=O) groups is 2. The predicted molar refractivity (Wildman–Crippen MR) is 120 cm³/mol. The van der Waals surface area contributed by atoms with Crippen LogP contribution < -0.4 is 20.3 Å².